The Morgan fingerprint density at radius 1 is 1.42 bits per heavy atom. The van der Waals surface area contributed by atoms with Gasteiger partial charge in [0.25, 0.3) is 5.91 Å². The molecule has 164 valence electrons. The summed E-state index contributed by atoms with van der Waals surface area (Å²) in [5.74, 6) is 0.811. The number of aliphatic hydroxyl groups excluding tert-OH is 1. The Hall–Kier alpha value is -3.24. The van der Waals surface area contributed by atoms with E-state index in [1.165, 1.54) is 6.20 Å². The van der Waals surface area contributed by atoms with Gasteiger partial charge in [-0.2, -0.15) is 4.98 Å². The molecule has 0 spiro atoms. The highest BCUT2D eigenvalue weighted by Gasteiger charge is 2.35. The maximum Gasteiger partial charge on any atom is 0.261 e. The van der Waals surface area contributed by atoms with E-state index in [-0.39, 0.29) is 24.0 Å². The number of hydrogen-bond donors (Lipinski definition) is 3. The third-order valence-corrected chi connectivity index (χ3v) is 5.21. The zero-order chi connectivity index (χ0) is 22.0. The standard InChI is InChI=1S/C21H26N6O4/c1-21(2)9-13-8-16(25-19(29)15(10-22)17-23-4-3-5-24-17)18(26-20(13)31-21)27-6-7-30-12-14(27)11-28/h3-5,8,10,14,28H,6-7,9,11-12,22H2,1-2H3,(H,25,29)/t14-/m0/s1. The van der Waals surface area contributed by atoms with Gasteiger partial charge in [-0.1, -0.05) is 0 Å². The van der Waals surface area contributed by atoms with Crippen LogP contribution in [0.2, 0.25) is 0 Å². The van der Waals surface area contributed by atoms with Crippen molar-refractivity contribution in [1.82, 2.24) is 15.0 Å². The highest BCUT2D eigenvalue weighted by molar-refractivity contribution is 6.24. The third-order valence-electron chi connectivity index (χ3n) is 5.21. The van der Waals surface area contributed by atoms with Crippen LogP contribution in [0.5, 0.6) is 5.88 Å². The first-order valence-electron chi connectivity index (χ1n) is 10.1. The average Bonchev–Trinajstić information content (AvgIpc) is 3.07. The maximum absolute atomic E-state index is 13.1. The summed E-state index contributed by atoms with van der Waals surface area (Å²) in [6.07, 6.45) is 4.93. The summed E-state index contributed by atoms with van der Waals surface area (Å²) >= 11 is 0. The van der Waals surface area contributed by atoms with Gasteiger partial charge >= 0.3 is 0 Å². The van der Waals surface area contributed by atoms with Crippen molar-refractivity contribution < 1.29 is 19.4 Å². The number of ether oxygens (including phenoxy) is 2. The van der Waals surface area contributed by atoms with E-state index in [2.05, 4.69) is 15.3 Å². The van der Waals surface area contributed by atoms with Crippen LogP contribution in [0, 0.1) is 0 Å². The monoisotopic (exact) mass is 426 g/mol. The van der Waals surface area contributed by atoms with E-state index < -0.39 is 11.5 Å². The molecular weight excluding hydrogens is 400 g/mol. The van der Waals surface area contributed by atoms with Gasteiger partial charge in [0, 0.05) is 37.1 Å². The van der Waals surface area contributed by atoms with Crippen molar-refractivity contribution in [3.05, 3.63) is 42.1 Å². The molecule has 4 rings (SSSR count). The van der Waals surface area contributed by atoms with Gasteiger partial charge in [0.1, 0.15) is 5.60 Å². The Balaban J connectivity index is 1.71. The van der Waals surface area contributed by atoms with Crippen LogP contribution in [0.25, 0.3) is 5.57 Å². The molecule has 1 atom stereocenters. The zero-order valence-corrected chi connectivity index (χ0v) is 17.5. The van der Waals surface area contributed by atoms with Crippen molar-refractivity contribution in [1.29, 1.82) is 0 Å². The highest BCUT2D eigenvalue weighted by Crippen LogP contribution is 2.39. The predicted molar refractivity (Wildman–Crippen MR) is 115 cm³/mol. The van der Waals surface area contributed by atoms with Crippen molar-refractivity contribution in [2.45, 2.75) is 31.9 Å². The number of nitrogens with one attached hydrogen (secondary N) is 1. The number of hydrogen-bond acceptors (Lipinski definition) is 9. The number of fused-ring (bicyclic) bond motifs is 1. The SMILES string of the molecule is CC1(C)Cc2cc(NC(=O)C(=CN)c3ncccn3)c(N3CCOC[C@@H]3CO)nc2O1. The zero-order valence-electron chi connectivity index (χ0n) is 17.5. The first-order chi connectivity index (χ1) is 14.9. The number of nitrogens with two attached hydrogens (primary N) is 1. The summed E-state index contributed by atoms with van der Waals surface area (Å²) in [4.78, 5) is 27.9. The lowest BCUT2D eigenvalue weighted by Crippen LogP contribution is -2.48. The Labute approximate surface area is 180 Å². The quantitative estimate of drug-likeness (QED) is 0.591. The second-order valence-corrected chi connectivity index (χ2v) is 8.07. The Morgan fingerprint density at radius 3 is 2.90 bits per heavy atom. The van der Waals surface area contributed by atoms with Crippen LogP contribution in [0.3, 0.4) is 0 Å². The Morgan fingerprint density at radius 2 is 2.19 bits per heavy atom. The number of carbonyl (C=O) groups is 1. The van der Waals surface area contributed by atoms with Crippen molar-refractivity contribution in [3.63, 3.8) is 0 Å². The largest absolute Gasteiger partial charge is 0.471 e. The molecular formula is C21H26N6O4. The molecule has 2 aromatic heterocycles. The number of anilines is 2. The lowest BCUT2D eigenvalue weighted by molar-refractivity contribution is -0.111. The maximum atomic E-state index is 13.1. The highest BCUT2D eigenvalue weighted by atomic mass is 16.5. The van der Waals surface area contributed by atoms with Crippen LogP contribution in [0.15, 0.2) is 30.7 Å². The number of rotatable bonds is 5. The minimum absolute atomic E-state index is 0.107. The number of nitrogens with zero attached hydrogens (tertiary/aromatic N) is 4. The number of aliphatic hydroxyl groups is 1. The fourth-order valence-corrected chi connectivity index (χ4v) is 3.78. The topological polar surface area (TPSA) is 136 Å². The Kier molecular flexibility index (Phi) is 5.75. The molecule has 2 aliphatic heterocycles. The minimum atomic E-state index is -0.455. The summed E-state index contributed by atoms with van der Waals surface area (Å²) in [6.45, 7) is 5.23. The van der Waals surface area contributed by atoms with Crippen LogP contribution >= 0.6 is 0 Å². The molecule has 2 aromatic rings. The molecule has 1 amide bonds. The summed E-state index contributed by atoms with van der Waals surface area (Å²) in [5, 5.41) is 12.7. The van der Waals surface area contributed by atoms with E-state index in [1.54, 1.807) is 18.5 Å². The smallest absolute Gasteiger partial charge is 0.261 e. The third kappa shape index (κ3) is 4.30. The number of morpholine rings is 1. The molecule has 0 bridgehead atoms. The Bertz CT molecular complexity index is 995. The van der Waals surface area contributed by atoms with E-state index >= 15 is 0 Å². The summed E-state index contributed by atoms with van der Waals surface area (Å²) in [6, 6.07) is 3.24. The molecule has 0 aliphatic carbocycles. The lowest BCUT2D eigenvalue weighted by atomic mass is 10.0. The average molecular weight is 426 g/mol. The van der Waals surface area contributed by atoms with Crippen LogP contribution < -0.4 is 20.7 Å². The van der Waals surface area contributed by atoms with Gasteiger partial charge in [-0.25, -0.2) is 9.97 Å². The summed E-state index contributed by atoms with van der Waals surface area (Å²) in [7, 11) is 0. The molecule has 0 unspecified atom stereocenters. The van der Waals surface area contributed by atoms with E-state index in [4.69, 9.17) is 20.2 Å². The normalized spacial score (nSPS) is 20.2. The number of aromatic nitrogens is 3. The molecule has 2 aliphatic rings. The first-order valence-corrected chi connectivity index (χ1v) is 10.1. The fraction of sp³-hybridized carbons (Fsp3) is 0.429. The van der Waals surface area contributed by atoms with Gasteiger partial charge in [-0.3, -0.25) is 4.79 Å². The predicted octanol–water partition coefficient (Wildman–Crippen LogP) is 0.721. The van der Waals surface area contributed by atoms with E-state index in [0.29, 0.717) is 43.6 Å². The number of pyridine rings is 1. The van der Waals surface area contributed by atoms with Crippen molar-refractivity contribution in [2.24, 2.45) is 5.73 Å². The second kappa shape index (κ2) is 8.48. The van der Waals surface area contributed by atoms with Crippen molar-refractivity contribution in [2.75, 3.05) is 36.6 Å². The van der Waals surface area contributed by atoms with Crippen LogP contribution in [-0.4, -0.2) is 64.0 Å². The van der Waals surface area contributed by atoms with E-state index in [0.717, 1.165) is 5.56 Å². The summed E-state index contributed by atoms with van der Waals surface area (Å²) in [5.41, 5.74) is 6.86. The summed E-state index contributed by atoms with van der Waals surface area (Å²) < 4.78 is 11.5. The first kappa shape index (κ1) is 21.0. The van der Waals surface area contributed by atoms with Crippen LogP contribution in [-0.2, 0) is 16.0 Å². The fourth-order valence-electron chi connectivity index (χ4n) is 3.78. The van der Waals surface area contributed by atoms with Crippen molar-refractivity contribution >= 4 is 23.0 Å². The molecule has 0 aromatic carbocycles. The molecule has 10 heteroatoms. The van der Waals surface area contributed by atoms with E-state index in [1.807, 2.05) is 24.8 Å². The molecule has 0 radical (unpaired) electrons. The lowest BCUT2D eigenvalue weighted by Gasteiger charge is -2.36. The number of amides is 1. The molecule has 4 N–H and O–H groups in total. The van der Waals surface area contributed by atoms with Gasteiger partial charge in [0.2, 0.25) is 5.88 Å². The van der Waals surface area contributed by atoms with Gasteiger partial charge in [-0.15, -0.1) is 0 Å². The van der Waals surface area contributed by atoms with Crippen LogP contribution in [0.4, 0.5) is 11.5 Å². The van der Waals surface area contributed by atoms with E-state index in [9.17, 15) is 9.90 Å². The molecule has 1 saturated heterocycles. The molecule has 31 heavy (non-hydrogen) atoms. The molecule has 4 heterocycles. The molecule has 10 nitrogen and oxygen atoms in total. The number of carbonyl (C=O) groups excluding carboxylic acids is 1. The molecule has 1 fully saturated rings. The molecule has 0 saturated carbocycles. The van der Waals surface area contributed by atoms with Gasteiger partial charge in [0.15, 0.2) is 11.6 Å². The van der Waals surface area contributed by atoms with Gasteiger partial charge < -0.3 is 30.5 Å². The van der Waals surface area contributed by atoms with Crippen molar-refractivity contribution in [3.8, 4) is 5.88 Å². The van der Waals surface area contributed by atoms with Gasteiger partial charge in [-0.05, 0) is 26.0 Å². The van der Waals surface area contributed by atoms with Gasteiger partial charge in [0.05, 0.1) is 37.1 Å². The second-order valence-electron chi connectivity index (χ2n) is 8.07. The van der Waals surface area contributed by atoms with Crippen LogP contribution in [0.1, 0.15) is 25.2 Å². The minimum Gasteiger partial charge on any atom is -0.471 e.